The zero-order valence-corrected chi connectivity index (χ0v) is 11.7. The van der Waals surface area contributed by atoms with Gasteiger partial charge >= 0.3 is 10.2 Å². The van der Waals surface area contributed by atoms with E-state index in [4.69, 9.17) is 4.74 Å². The molecule has 0 bridgehead atoms. The van der Waals surface area contributed by atoms with Crippen molar-refractivity contribution < 1.29 is 18.1 Å². The van der Waals surface area contributed by atoms with Crippen LogP contribution in [0.25, 0.3) is 0 Å². The molecule has 0 radical (unpaired) electrons. The van der Waals surface area contributed by atoms with Crippen LogP contribution in [0.1, 0.15) is 12.8 Å². The third-order valence-electron chi connectivity index (χ3n) is 3.04. The number of anilines is 1. The Bertz CT molecular complexity index is 610. The lowest BCUT2D eigenvalue weighted by Crippen LogP contribution is -2.33. The van der Waals surface area contributed by atoms with Gasteiger partial charge < -0.3 is 4.74 Å². The molecule has 1 heterocycles. The van der Waals surface area contributed by atoms with Crippen molar-refractivity contribution in [1.82, 2.24) is 4.31 Å². The molecule has 0 unspecified atom stereocenters. The van der Waals surface area contributed by atoms with Gasteiger partial charge in [0.1, 0.15) is 5.75 Å². The molecule has 110 valence electrons. The standard InChI is InChI=1S/C11H15N3O5S/c1-19-11-5-4-9(14(15)16)8-10(11)12-20(17,18)13-6-2-3-7-13/h4-5,8,12H,2-3,6-7H2,1H3. The fourth-order valence-electron chi connectivity index (χ4n) is 2.02. The Balaban J connectivity index is 2.31. The van der Waals surface area contributed by atoms with Crippen molar-refractivity contribution in [3.8, 4) is 5.75 Å². The number of rotatable bonds is 5. The van der Waals surface area contributed by atoms with E-state index in [0.717, 1.165) is 18.9 Å². The van der Waals surface area contributed by atoms with Gasteiger partial charge in [-0.2, -0.15) is 12.7 Å². The van der Waals surface area contributed by atoms with Crippen molar-refractivity contribution in [3.05, 3.63) is 28.3 Å². The Morgan fingerprint density at radius 3 is 2.55 bits per heavy atom. The van der Waals surface area contributed by atoms with Gasteiger partial charge in [-0.25, -0.2) is 0 Å². The first kappa shape index (κ1) is 14.5. The van der Waals surface area contributed by atoms with Gasteiger partial charge in [0, 0.05) is 25.2 Å². The molecule has 0 aromatic heterocycles. The van der Waals surface area contributed by atoms with Crippen LogP contribution < -0.4 is 9.46 Å². The molecule has 9 heteroatoms. The summed E-state index contributed by atoms with van der Waals surface area (Å²) in [5, 5.41) is 10.8. The summed E-state index contributed by atoms with van der Waals surface area (Å²) >= 11 is 0. The van der Waals surface area contributed by atoms with Gasteiger partial charge in [0.05, 0.1) is 17.7 Å². The number of methoxy groups -OCH3 is 1. The minimum absolute atomic E-state index is 0.0635. The van der Waals surface area contributed by atoms with E-state index in [1.165, 1.54) is 23.5 Å². The van der Waals surface area contributed by atoms with Gasteiger partial charge in [-0.3, -0.25) is 14.8 Å². The van der Waals surface area contributed by atoms with E-state index in [0.29, 0.717) is 13.1 Å². The normalized spacial score (nSPS) is 16.1. The fraction of sp³-hybridized carbons (Fsp3) is 0.455. The highest BCUT2D eigenvalue weighted by Crippen LogP contribution is 2.30. The second kappa shape index (κ2) is 5.63. The molecule has 0 atom stereocenters. The number of nitrogens with zero attached hydrogens (tertiary/aromatic N) is 2. The number of nitro benzene ring substituents is 1. The van der Waals surface area contributed by atoms with Crippen LogP contribution >= 0.6 is 0 Å². The minimum atomic E-state index is -3.71. The number of benzene rings is 1. The van der Waals surface area contributed by atoms with Crippen LogP contribution in [0.5, 0.6) is 5.75 Å². The van der Waals surface area contributed by atoms with Crippen molar-refractivity contribution >= 4 is 21.6 Å². The molecule has 1 aliphatic rings. The SMILES string of the molecule is COc1ccc([N+](=O)[O-])cc1NS(=O)(=O)N1CCCC1. The molecule has 1 N–H and O–H groups in total. The number of nitro groups is 1. The van der Waals surface area contributed by atoms with Crippen molar-refractivity contribution in [2.75, 3.05) is 24.9 Å². The van der Waals surface area contributed by atoms with Gasteiger partial charge in [0.2, 0.25) is 0 Å². The van der Waals surface area contributed by atoms with Gasteiger partial charge in [-0.05, 0) is 18.9 Å². The predicted molar refractivity (Wildman–Crippen MR) is 73.0 cm³/mol. The molecule has 1 saturated heterocycles. The van der Waals surface area contributed by atoms with E-state index in [2.05, 4.69) is 4.72 Å². The van der Waals surface area contributed by atoms with Gasteiger partial charge in [-0.15, -0.1) is 0 Å². The largest absolute Gasteiger partial charge is 0.495 e. The number of nitrogens with one attached hydrogen (secondary N) is 1. The summed E-state index contributed by atoms with van der Waals surface area (Å²) in [6, 6.07) is 3.76. The van der Waals surface area contributed by atoms with E-state index in [9.17, 15) is 18.5 Å². The quantitative estimate of drug-likeness (QED) is 0.653. The molecule has 1 aromatic carbocycles. The van der Waals surface area contributed by atoms with Crippen LogP contribution in [0.2, 0.25) is 0 Å². The molecule has 0 aliphatic carbocycles. The smallest absolute Gasteiger partial charge is 0.301 e. The molecule has 8 nitrogen and oxygen atoms in total. The third-order valence-corrected chi connectivity index (χ3v) is 4.56. The van der Waals surface area contributed by atoms with E-state index in [1.54, 1.807) is 0 Å². The summed E-state index contributed by atoms with van der Waals surface area (Å²) in [5.74, 6) is 0.235. The van der Waals surface area contributed by atoms with Crippen molar-refractivity contribution in [2.45, 2.75) is 12.8 Å². The first-order chi connectivity index (χ1) is 9.44. The molecule has 0 saturated carbocycles. The van der Waals surface area contributed by atoms with Crippen LogP contribution in [-0.2, 0) is 10.2 Å². The summed E-state index contributed by atoms with van der Waals surface area (Å²) in [6.45, 7) is 0.902. The minimum Gasteiger partial charge on any atom is -0.495 e. The summed E-state index contributed by atoms with van der Waals surface area (Å²) in [4.78, 5) is 10.2. The molecule has 1 fully saturated rings. The first-order valence-corrected chi connectivity index (χ1v) is 7.48. The second-order valence-electron chi connectivity index (χ2n) is 4.35. The van der Waals surface area contributed by atoms with Crippen molar-refractivity contribution in [1.29, 1.82) is 0 Å². The zero-order valence-electron chi connectivity index (χ0n) is 10.9. The topological polar surface area (TPSA) is 102 Å². The third kappa shape index (κ3) is 2.99. The summed E-state index contributed by atoms with van der Waals surface area (Å²) in [5.41, 5.74) is -0.140. The lowest BCUT2D eigenvalue weighted by molar-refractivity contribution is -0.384. The summed E-state index contributed by atoms with van der Waals surface area (Å²) < 4.78 is 33.0. The Labute approximate surface area is 116 Å². The molecule has 1 aromatic rings. The number of ether oxygens (including phenoxy) is 1. The van der Waals surface area contributed by atoms with Crippen LogP contribution in [0.3, 0.4) is 0 Å². The Hall–Kier alpha value is -1.87. The molecule has 0 spiro atoms. The highest BCUT2D eigenvalue weighted by molar-refractivity contribution is 7.90. The van der Waals surface area contributed by atoms with E-state index in [-0.39, 0.29) is 17.1 Å². The Morgan fingerprint density at radius 1 is 1.35 bits per heavy atom. The predicted octanol–water partition coefficient (Wildman–Crippen LogP) is 1.36. The number of hydrogen-bond donors (Lipinski definition) is 1. The van der Waals surface area contributed by atoms with E-state index in [1.807, 2.05) is 0 Å². The summed E-state index contributed by atoms with van der Waals surface area (Å²) in [6.07, 6.45) is 1.62. The average molecular weight is 301 g/mol. The van der Waals surface area contributed by atoms with Gasteiger partial charge in [0.25, 0.3) is 5.69 Å². The van der Waals surface area contributed by atoms with Crippen molar-refractivity contribution in [3.63, 3.8) is 0 Å². The highest BCUT2D eigenvalue weighted by atomic mass is 32.2. The summed E-state index contributed by atoms with van der Waals surface area (Å²) in [7, 11) is -2.34. The number of hydrogen-bond acceptors (Lipinski definition) is 5. The molecule has 2 rings (SSSR count). The second-order valence-corrected chi connectivity index (χ2v) is 6.03. The van der Waals surface area contributed by atoms with Crippen LogP contribution in [0.4, 0.5) is 11.4 Å². The van der Waals surface area contributed by atoms with E-state index < -0.39 is 15.1 Å². The number of non-ortho nitro benzene ring substituents is 1. The Morgan fingerprint density at radius 2 is 2.00 bits per heavy atom. The zero-order chi connectivity index (χ0) is 14.8. The van der Waals surface area contributed by atoms with Gasteiger partial charge in [0.15, 0.2) is 0 Å². The van der Waals surface area contributed by atoms with Crippen molar-refractivity contribution in [2.24, 2.45) is 0 Å². The molecule has 20 heavy (non-hydrogen) atoms. The molecule has 0 amide bonds. The maximum absolute atomic E-state index is 12.1. The maximum atomic E-state index is 12.1. The van der Waals surface area contributed by atoms with Gasteiger partial charge in [-0.1, -0.05) is 0 Å². The maximum Gasteiger partial charge on any atom is 0.301 e. The molecular weight excluding hydrogens is 286 g/mol. The van der Waals surface area contributed by atoms with E-state index >= 15 is 0 Å². The lowest BCUT2D eigenvalue weighted by Gasteiger charge is -2.18. The first-order valence-electron chi connectivity index (χ1n) is 6.04. The average Bonchev–Trinajstić information content (AvgIpc) is 2.92. The highest BCUT2D eigenvalue weighted by Gasteiger charge is 2.26. The molecular formula is C11H15N3O5S. The van der Waals surface area contributed by atoms with Crippen LogP contribution in [0.15, 0.2) is 18.2 Å². The van der Waals surface area contributed by atoms with Crippen LogP contribution in [0, 0.1) is 10.1 Å². The Kier molecular flexibility index (Phi) is 4.09. The van der Waals surface area contributed by atoms with Crippen LogP contribution in [-0.4, -0.2) is 37.8 Å². The monoisotopic (exact) mass is 301 g/mol. The fourth-order valence-corrected chi connectivity index (χ4v) is 3.33. The lowest BCUT2D eigenvalue weighted by atomic mass is 10.2. The molecule has 1 aliphatic heterocycles.